The van der Waals surface area contributed by atoms with Gasteiger partial charge in [-0.05, 0) is 30.6 Å². The molecule has 2 atom stereocenters. The molecular formula is C9H17F. The van der Waals surface area contributed by atoms with E-state index < -0.39 is 6.17 Å². The Kier molecular flexibility index (Phi) is 2.02. The van der Waals surface area contributed by atoms with Gasteiger partial charge in [0.05, 0.1) is 0 Å². The number of alkyl halides is 1. The molecule has 1 saturated carbocycles. The molecule has 0 amide bonds. The summed E-state index contributed by atoms with van der Waals surface area (Å²) in [6.45, 7) is 6.33. The molecule has 1 heteroatoms. The van der Waals surface area contributed by atoms with Crippen LogP contribution in [0.5, 0.6) is 0 Å². The molecule has 10 heavy (non-hydrogen) atoms. The highest BCUT2D eigenvalue weighted by molar-refractivity contribution is 4.82. The van der Waals surface area contributed by atoms with Gasteiger partial charge in [0, 0.05) is 0 Å². The van der Waals surface area contributed by atoms with E-state index in [2.05, 4.69) is 13.8 Å². The van der Waals surface area contributed by atoms with Crippen LogP contribution in [-0.2, 0) is 0 Å². The smallest absolute Gasteiger partial charge is 0.103 e. The monoisotopic (exact) mass is 144 g/mol. The maximum atomic E-state index is 13.1. The standard InChI is InChI=1S/C9H17F/c1-7-4-5-9(2,3)6-8(7)10/h7-8H,4-6H2,1-3H3/t7-,8?/m1/s1. The molecule has 0 spiro atoms. The second-order valence-corrected chi connectivity index (χ2v) is 4.40. The molecule has 0 saturated heterocycles. The van der Waals surface area contributed by atoms with Crippen LogP contribution < -0.4 is 0 Å². The quantitative estimate of drug-likeness (QED) is 0.490. The summed E-state index contributed by atoms with van der Waals surface area (Å²) in [4.78, 5) is 0. The first-order chi connectivity index (χ1) is 4.51. The van der Waals surface area contributed by atoms with Crippen molar-refractivity contribution >= 4 is 0 Å². The van der Waals surface area contributed by atoms with E-state index in [9.17, 15) is 4.39 Å². The molecule has 1 aliphatic rings. The minimum absolute atomic E-state index is 0.256. The van der Waals surface area contributed by atoms with Crippen molar-refractivity contribution in [3.05, 3.63) is 0 Å². The Morgan fingerprint density at radius 1 is 1.40 bits per heavy atom. The highest BCUT2D eigenvalue weighted by Gasteiger charge is 2.32. The molecule has 0 aromatic carbocycles. The topological polar surface area (TPSA) is 0 Å². The van der Waals surface area contributed by atoms with Crippen molar-refractivity contribution in [2.24, 2.45) is 11.3 Å². The summed E-state index contributed by atoms with van der Waals surface area (Å²) in [6.07, 6.45) is 2.46. The van der Waals surface area contributed by atoms with Gasteiger partial charge >= 0.3 is 0 Å². The molecule has 1 rings (SSSR count). The third kappa shape index (κ3) is 1.71. The normalized spacial score (nSPS) is 39.6. The van der Waals surface area contributed by atoms with Gasteiger partial charge in [0.2, 0.25) is 0 Å². The number of rotatable bonds is 0. The fourth-order valence-electron chi connectivity index (χ4n) is 1.63. The zero-order chi connectivity index (χ0) is 7.78. The van der Waals surface area contributed by atoms with Crippen molar-refractivity contribution in [1.82, 2.24) is 0 Å². The molecule has 0 radical (unpaired) electrons. The first-order valence-electron chi connectivity index (χ1n) is 4.15. The third-order valence-electron chi connectivity index (χ3n) is 2.64. The highest BCUT2D eigenvalue weighted by atomic mass is 19.1. The van der Waals surface area contributed by atoms with Crippen molar-refractivity contribution in [2.75, 3.05) is 0 Å². The average Bonchev–Trinajstić information content (AvgIpc) is 1.79. The lowest BCUT2D eigenvalue weighted by Crippen LogP contribution is -2.29. The van der Waals surface area contributed by atoms with Crippen LogP contribution >= 0.6 is 0 Å². The van der Waals surface area contributed by atoms with Crippen LogP contribution in [0.2, 0.25) is 0 Å². The molecule has 0 aromatic rings. The summed E-state index contributed by atoms with van der Waals surface area (Å²) < 4.78 is 13.1. The predicted molar refractivity (Wildman–Crippen MR) is 41.7 cm³/mol. The van der Waals surface area contributed by atoms with Crippen molar-refractivity contribution < 1.29 is 4.39 Å². The molecule has 0 aliphatic heterocycles. The van der Waals surface area contributed by atoms with Crippen molar-refractivity contribution in [3.63, 3.8) is 0 Å². The lowest BCUT2D eigenvalue weighted by molar-refractivity contribution is 0.0904. The molecule has 1 unspecified atom stereocenters. The minimum Gasteiger partial charge on any atom is -0.247 e. The maximum absolute atomic E-state index is 13.1. The van der Waals surface area contributed by atoms with Gasteiger partial charge in [0.15, 0.2) is 0 Å². The molecule has 0 aromatic heterocycles. The van der Waals surface area contributed by atoms with Crippen molar-refractivity contribution in [1.29, 1.82) is 0 Å². The first kappa shape index (κ1) is 8.03. The van der Waals surface area contributed by atoms with Gasteiger partial charge in [-0.1, -0.05) is 20.8 Å². The Labute approximate surface area is 62.8 Å². The van der Waals surface area contributed by atoms with E-state index in [0.717, 1.165) is 12.8 Å². The fraction of sp³-hybridized carbons (Fsp3) is 1.00. The van der Waals surface area contributed by atoms with E-state index in [4.69, 9.17) is 0 Å². The zero-order valence-corrected chi connectivity index (χ0v) is 7.15. The Morgan fingerprint density at radius 3 is 2.40 bits per heavy atom. The molecule has 0 N–H and O–H groups in total. The predicted octanol–water partition coefficient (Wildman–Crippen LogP) is 3.17. The second kappa shape index (κ2) is 2.52. The maximum Gasteiger partial charge on any atom is 0.103 e. The Bertz CT molecular complexity index is 118. The van der Waals surface area contributed by atoms with E-state index in [1.165, 1.54) is 6.42 Å². The Balaban J connectivity index is 2.49. The molecular weight excluding hydrogens is 127 g/mol. The largest absolute Gasteiger partial charge is 0.247 e. The van der Waals surface area contributed by atoms with E-state index in [0.29, 0.717) is 5.92 Å². The Hall–Kier alpha value is -0.0700. The van der Waals surface area contributed by atoms with E-state index in [1.54, 1.807) is 0 Å². The summed E-state index contributed by atoms with van der Waals surface area (Å²) in [5, 5.41) is 0. The highest BCUT2D eigenvalue weighted by Crippen LogP contribution is 2.39. The van der Waals surface area contributed by atoms with Crippen LogP contribution in [0.25, 0.3) is 0 Å². The van der Waals surface area contributed by atoms with E-state index >= 15 is 0 Å². The third-order valence-corrected chi connectivity index (χ3v) is 2.64. The average molecular weight is 144 g/mol. The van der Waals surface area contributed by atoms with Gasteiger partial charge in [0.1, 0.15) is 6.17 Å². The van der Waals surface area contributed by atoms with Crippen LogP contribution in [-0.4, -0.2) is 6.17 Å². The van der Waals surface area contributed by atoms with Crippen LogP contribution in [0.1, 0.15) is 40.0 Å². The number of halogens is 1. The number of hydrogen-bond donors (Lipinski definition) is 0. The van der Waals surface area contributed by atoms with Gasteiger partial charge in [0.25, 0.3) is 0 Å². The minimum atomic E-state index is -0.552. The summed E-state index contributed by atoms with van der Waals surface area (Å²) in [6, 6.07) is 0. The molecule has 1 fully saturated rings. The summed E-state index contributed by atoms with van der Waals surface area (Å²) in [5.41, 5.74) is 0.256. The van der Waals surface area contributed by atoms with Gasteiger partial charge in [-0.3, -0.25) is 0 Å². The molecule has 1 aliphatic carbocycles. The van der Waals surface area contributed by atoms with Gasteiger partial charge in [-0.25, -0.2) is 4.39 Å². The molecule has 60 valence electrons. The molecule has 0 heterocycles. The lowest BCUT2D eigenvalue weighted by Gasteiger charge is -2.35. The van der Waals surface area contributed by atoms with Gasteiger partial charge in [-0.2, -0.15) is 0 Å². The summed E-state index contributed by atoms with van der Waals surface area (Å²) in [5.74, 6) is 0.299. The van der Waals surface area contributed by atoms with Crippen LogP contribution in [0.3, 0.4) is 0 Å². The molecule has 0 bridgehead atoms. The van der Waals surface area contributed by atoms with E-state index in [1.807, 2.05) is 6.92 Å². The van der Waals surface area contributed by atoms with Crippen molar-refractivity contribution in [2.45, 2.75) is 46.2 Å². The lowest BCUT2D eigenvalue weighted by atomic mass is 9.73. The number of hydrogen-bond acceptors (Lipinski definition) is 0. The summed E-state index contributed by atoms with van der Waals surface area (Å²) in [7, 11) is 0. The van der Waals surface area contributed by atoms with Gasteiger partial charge in [-0.15, -0.1) is 0 Å². The first-order valence-corrected chi connectivity index (χ1v) is 4.15. The van der Waals surface area contributed by atoms with Gasteiger partial charge < -0.3 is 0 Å². The second-order valence-electron chi connectivity index (χ2n) is 4.40. The van der Waals surface area contributed by atoms with E-state index in [-0.39, 0.29) is 5.41 Å². The van der Waals surface area contributed by atoms with Crippen molar-refractivity contribution in [3.8, 4) is 0 Å². The fourth-order valence-corrected chi connectivity index (χ4v) is 1.63. The SMILES string of the molecule is C[C@@H]1CCC(C)(C)CC1F. The Morgan fingerprint density at radius 2 is 2.00 bits per heavy atom. The summed E-state index contributed by atoms with van der Waals surface area (Å²) >= 11 is 0. The van der Waals surface area contributed by atoms with Crippen LogP contribution in [0.15, 0.2) is 0 Å². The zero-order valence-electron chi connectivity index (χ0n) is 7.15. The molecule has 0 nitrogen and oxygen atoms in total. The van der Waals surface area contributed by atoms with Crippen LogP contribution in [0.4, 0.5) is 4.39 Å². The van der Waals surface area contributed by atoms with Crippen LogP contribution in [0, 0.1) is 11.3 Å².